The Balaban J connectivity index is 0.00000101. The van der Waals surface area contributed by atoms with Crippen molar-refractivity contribution in [3.05, 3.63) is 71.8 Å². The number of methoxy groups -OCH3 is 2. The number of amides is 4. The van der Waals surface area contributed by atoms with Gasteiger partial charge in [0.1, 0.15) is 6.10 Å². The average molecular weight is 815 g/mol. The van der Waals surface area contributed by atoms with Crippen LogP contribution in [0.3, 0.4) is 0 Å². The standard InChI is InChI=1S/C22H32N2O6.C18H27NO3.C3H7NO2/c1-15(2)9-7-5-6-8-10-20(25)24-14-17-11-12-18(19(13-17)28-4)30-22(27)29-16(3)21(23)26;1-14(2)8-6-4-5-7-9-18(21)19-13-15-10-11-16(20)17(12-15)22-3;1-2(5)3(4)6/h7,9,11-13,15-16H,5-6,8,10,14H2,1-4H3,(H2,23,26)(H,24,25);6,8,10-12,14,20H,4-5,7,9,13H2,1-3H3,(H,19,21);2,5H,1H3,(H2,4,6)/b9-7+;8-6+;. The van der Waals surface area contributed by atoms with Gasteiger partial charge in [-0.15, -0.1) is 0 Å². The molecule has 58 heavy (non-hydrogen) atoms. The molecule has 2 unspecified atom stereocenters. The van der Waals surface area contributed by atoms with Crippen molar-refractivity contribution in [2.45, 2.75) is 118 Å². The molecule has 15 nitrogen and oxygen atoms in total. The summed E-state index contributed by atoms with van der Waals surface area (Å²) < 4.78 is 20.1. The Bertz CT molecular complexity index is 1610. The van der Waals surface area contributed by atoms with Crippen molar-refractivity contribution < 1.29 is 53.1 Å². The lowest BCUT2D eigenvalue weighted by Gasteiger charge is -2.13. The molecular formula is C43H66N4O11. The SMILES string of the molecule is CC(O)C(N)=O.COc1cc(CNC(=O)CCCC/C=C/C(C)C)ccc1O.COc1cc(CNC(=O)CCCC/C=C/C(C)C)ccc1OC(=O)OC(C)C(N)=O. The Kier molecular flexibility index (Phi) is 27.6. The lowest BCUT2D eigenvalue weighted by Crippen LogP contribution is -2.31. The molecule has 4 amide bonds. The first kappa shape index (κ1) is 52.4. The lowest BCUT2D eigenvalue weighted by atomic mass is 10.1. The van der Waals surface area contributed by atoms with Gasteiger partial charge in [-0.3, -0.25) is 19.2 Å². The third-order valence-electron chi connectivity index (χ3n) is 7.82. The first-order valence-electron chi connectivity index (χ1n) is 19.4. The Morgan fingerprint density at radius 3 is 1.53 bits per heavy atom. The Hall–Kier alpha value is -5.57. The third-order valence-corrected chi connectivity index (χ3v) is 7.82. The van der Waals surface area contributed by atoms with Gasteiger partial charge in [-0.2, -0.15) is 0 Å². The van der Waals surface area contributed by atoms with Crippen molar-refractivity contribution in [2.24, 2.45) is 23.3 Å². The number of aliphatic hydroxyl groups excluding tert-OH is 1. The molecule has 0 spiro atoms. The van der Waals surface area contributed by atoms with E-state index in [0.29, 0.717) is 49.3 Å². The first-order chi connectivity index (χ1) is 27.4. The number of carbonyl (C=O) groups excluding carboxylic acids is 5. The molecular weight excluding hydrogens is 748 g/mol. The summed E-state index contributed by atoms with van der Waals surface area (Å²) in [6.45, 7) is 12.0. The molecule has 2 rings (SSSR count). The van der Waals surface area contributed by atoms with Gasteiger partial charge in [0.05, 0.1) is 14.2 Å². The molecule has 0 heterocycles. The van der Waals surface area contributed by atoms with Gasteiger partial charge in [0.2, 0.25) is 17.7 Å². The first-order valence-corrected chi connectivity index (χ1v) is 19.4. The number of hydrogen-bond donors (Lipinski definition) is 6. The van der Waals surface area contributed by atoms with E-state index in [1.165, 1.54) is 34.1 Å². The van der Waals surface area contributed by atoms with Gasteiger partial charge < -0.3 is 51.3 Å². The van der Waals surface area contributed by atoms with Crippen molar-refractivity contribution in [2.75, 3.05) is 14.2 Å². The maximum atomic E-state index is 12.0. The van der Waals surface area contributed by atoms with E-state index in [2.05, 4.69) is 68.4 Å². The van der Waals surface area contributed by atoms with Crippen molar-refractivity contribution in [3.63, 3.8) is 0 Å². The zero-order chi connectivity index (χ0) is 44.0. The fraction of sp³-hybridized carbons (Fsp3) is 0.512. The predicted molar refractivity (Wildman–Crippen MR) is 223 cm³/mol. The number of nitrogens with two attached hydrogens (primary N) is 2. The summed E-state index contributed by atoms with van der Waals surface area (Å²) in [5, 5.41) is 23.4. The van der Waals surface area contributed by atoms with E-state index in [-0.39, 0.29) is 23.3 Å². The zero-order valence-electron chi connectivity index (χ0n) is 35.4. The number of aliphatic hydroxyl groups is 1. The monoisotopic (exact) mass is 814 g/mol. The molecule has 0 fully saturated rings. The summed E-state index contributed by atoms with van der Waals surface area (Å²) in [5.41, 5.74) is 11.3. The molecule has 2 aromatic rings. The number of rotatable bonds is 22. The molecule has 324 valence electrons. The molecule has 2 aromatic carbocycles. The number of allylic oxidation sites excluding steroid dienone is 4. The number of phenols is 1. The van der Waals surface area contributed by atoms with Crippen molar-refractivity contribution in [1.29, 1.82) is 0 Å². The molecule has 0 saturated heterocycles. The molecule has 0 saturated carbocycles. The van der Waals surface area contributed by atoms with E-state index < -0.39 is 30.2 Å². The Morgan fingerprint density at radius 2 is 1.12 bits per heavy atom. The fourth-order valence-electron chi connectivity index (χ4n) is 4.46. The van der Waals surface area contributed by atoms with Crippen LogP contribution in [0.1, 0.15) is 104 Å². The van der Waals surface area contributed by atoms with Gasteiger partial charge in [0, 0.05) is 25.9 Å². The Labute approximate surface area is 343 Å². The number of carbonyl (C=O) groups is 5. The van der Waals surface area contributed by atoms with Gasteiger partial charge in [0.25, 0.3) is 5.91 Å². The maximum absolute atomic E-state index is 12.0. The van der Waals surface area contributed by atoms with E-state index in [4.69, 9.17) is 29.8 Å². The van der Waals surface area contributed by atoms with Crippen LogP contribution in [0.4, 0.5) is 4.79 Å². The highest BCUT2D eigenvalue weighted by molar-refractivity contribution is 5.81. The highest BCUT2D eigenvalue weighted by Gasteiger charge is 2.18. The van der Waals surface area contributed by atoms with Crippen LogP contribution < -0.4 is 36.3 Å². The fourth-order valence-corrected chi connectivity index (χ4v) is 4.46. The number of phenolic OH excluding ortho intramolecular Hbond substituents is 1. The van der Waals surface area contributed by atoms with E-state index in [9.17, 15) is 29.1 Å². The van der Waals surface area contributed by atoms with E-state index in [1.807, 2.05) is 0 Å². The van der Waals surface area contributed by atoms with E-state index >= 15 is 0 Å². The van der Waals surface area contributed by atoms with Crippen molar-refractivity contribution in [1.82, 2.24) is 10.6 Å². The number of benzene rings is 2. The van der Waals surface area contributed by atoms with Gasteiger partial charge in [-0.05, 0) is 99.6 Å². The molecule has 8 N–H and O–H groups in total. The molecule has 0 bridgehead atoms. The number of unbranched alkanes of at least 4 members (excludes halogenated alkanes) is 4. The van der Waals surface area contributed by atoms with Crippen LogP contribution in [0.15, 0.2) is 60.7 Å². The normalized spacial score (nSPS) is 11.8. The summed E-state index contributed by atoms with van der Waals surface area (Å²) in [4.78, 5) is 56.1. The number of nitrogens with one attached hydrogen (secondary N) is 2. The molecule has 15 heteroatoms. The second kappa shape index (κ2) is 30.6. The lowest BCUT2D eigenvalue weighted by molar-refractivity contribution is -0.126. The van der Waals surface area contributed by atoms with Crippen LogP contribution in [0.2, 0.25) is 0 Å². The largest absolute Gasteiger partial charge is 0.514 e. The van der Waals surface area contributed by atoms with Crippen LogP contribution >= 0.6 is 0 Å². The topological polar surface area (TPSA) is 239 Å². The quantitative estimate of drug-likeness (QED) is 0.0343. The molecule has 2 atom stereocenters. The molecule has 0 aliphatic rings. The number of ether oxygens (including phenoxy) is 4. The minimum Gasteiger partial charge on any atom is -0.504 e. The third kappa shape index (κ3) is 26.3. The smallest absolute Gasteiger partial charge is 0.504 e. The summed E-state index contributed by atoms with van der Waals surface area (Å²) in [7, 11) is 2.93. The Morgan fingerprint density at radius 1 is 0.672 bits per heavy atom. The molecule has 0 aliphatic carbocycles. The van der Waals surface area contributed by atoms with Gasteiger partial charge in [-0.1, -0.05) is 64.1 Å². The van der Waals surface area contributed by atoms with Crippen molar-refractivity contribution >= 4 is 29.8 Å². The number of primary amides is 2. The number of aromatic hydroxyl groups is 1. The highest BCUT2D eigenvalue weighted by atomic mass is 16.7. The second-order valence-electron chi connectivity index (χ2n) is 14.0. The summed E-state index contributed by atoms with van der Waals surface area (Å²) in [5.74, 6) is 0.650. The van der Waals surface area contributed by atoms with Crippen LogP contribution in [0.5, 0.6) is 23.0 Å². The summed E-state index contributed by atoms with van der Waals surface area (Å²) in [6, 6.07) is 9.94. The molecule has 0 aliphatic heterocycles. The average Bonchev–Trinajstić information content (AvgIpc) is 3.16. The van der Waals surface area contributed by atoms with Gasteiger partial charge >= 0.3 is 6.16 Å². The zero-order valence-corrected chi connectivity index (χ0v) is 35.4. The van der Waals surface area contributed by atoms with Crippen molar-refractivity contribution in [3.8, 4) is 23.0 Å². The highest BCUT2D eigenvalue weighted by Crippen LogP contribution is 2.29. The van der Waals surface area contributed by atoms with Gasteiger partial charge in [-0.25, -0.2) is 4.79 Å². The minimum atomic E-state index is -1.11. The van der Waals surface area contributed by atoms with Crippen LogP contribution in [0, 0.1) is 11.8 Å². The second-order valence-corrected chi connectivity index (χ2v) is 14.0. The molecule has 0 aromatic heterocycles. The molecule has 0 radical (unpaired) electrons. The van der Waals surface area contributed by atoms with Crippen LogP contribution in [-0.2, 0) is 37.0 Å². The summed E-state index contributed by atoms with van der Waals surface area (Å²) in [6.07, 6.45) is 12.3. The summed E-state index contributed by atoms with van der Waals surface area (Å²) >= 11 is 0. The predicted octanol–water partition coefficient (Wildman–Crippen LogP) is 6.12. The van der Waals surface area contributed by atoms with Gasteiger partial charge in [0.15, 0.2) is 29.1 Å². The van der Waals surface area contributed by atoms with Crippen LogP contribution in [-0.4, -0.2) is 66.4 Å². The van der Waals surface area contributed by atoms with E-state index in [0.717, 1.165) is 49.7 Å². The maximum Gasteiger partial charge on any atom is 0.514 e. The number of hydrogen-bond acceptors (Lipinski definition) is 11. The minimum absolute atomic E-state index is 0.0221. The van der Waals surface area contributed by atoms with Crippen LogP contribution in [0.25, 0.3) is 0 Å². The van der Waals surface area contributed by atoms with E-state index in [1.54, 1.807) is 30.3 Å².